The maximum absolute atomic E-state index is 11.5. The maximum atomic E-state index is 11.5. The number of carbonyl (C=O) groups is 1. The molecule has 0 saturated heterocycles. The first-order chi connectivity index (χ1) is 7.85. The zero-order valence-electron chi connectivity index (χ0n) is 11.2. The number of hydrogen-bond donors (Lipinski definition) is 3. The Morgan fingerprint density at radius 1 is 1.41 bits per heavy atom. The van der Waals surface area contributed by atoms with E-state index < -0.39 is 0 Å². The summed E-state index contributed by atoms with van der Waals surface area (Å²) in [5, 5.41) is 11.2. The van der Waals surface area contributed by atoms with Crippen LogP contribution in [0.3, 0.4) is 0 Å². The van der Waals surface area contributed by atoms with Crippen LogP contribution < -0.4 is 11.1 Å². The van der Waals surface area contributed by atoms with Crippen molar-refractivity contribution in [1.29, 1.82) is 0 Å². The average molecular weight is 246 g/mol. The summed E-state index contributed by atoms with van der Waals surface area (Å²) in [4.78, 5) is 11.5. The van der Waals surface area contributed by atoms with E-state index in [1.165, 1.54) is 0 Å². The monoisotopic (exact) mass is 246 g/mol. The highest BCUT2D eigenvalue weighted by Crippen LogP contribution is 2.20. The lowest BCUT2D eigenvalue weighted by Gasteiger charge is -2.22. The van der Waals surface area contributed by atoms with Gasteiger partial charge in [-0.15, -0.1) is 0 Å². The number of hydrogen-bond acceptors (Lipinski definition) is 4. The van der Waals surface area contributed by atoms with E-state index in [1.807, 2.05) is 0 Å². The molecule has 0 bridgehead atoms. The molecule has 0 radical (unpaired) electrons. The number of carbonyl (C=O) groups excluding carboxylic acids is 1. The van der Waals surface area contributed by atoms with E-state index in [2.05, 4.69) is 26.1 Å². The molecule has 0 heterocycles. The fourth-order valence-corrected chi connectivity index (χ4v) is 1.60. The predicted octanol–water partition coefficient (Wildman–Crippen LogP) is 0.265. The van der Waals surface area contributed by atoms with Gasteiger partial charge in [0.05, 0.1) is 19.8 Å². The molecule has 102 valence electrons. The standard InChI is InChI=1S/C12H26N2O3/c1-12(2,3)9-10(13)8-11(16)14-4-6-17-7-5-15/h10,15H,4-9,13H2,1-3H3,(H,14,16). The molecule has 5 heteroatoms. The van der Waals surface area contributed by atoms with Crippen molar-refractivity contribution in [1.82, 2.24) is 5.32 Å². The van der Waals surface area contributed by atoms with Crippen LogP contribution in [0, 0.1) is 5.41 Å². The Morgan fingerprint density at radius 3 is 2.59 bits per heavy atom. The molecule has 17 heavy (non-hydrogen) atoms. The third-order valence-corrected chi connectivity index (χ3v) is 2.13. The molecular weight excluding hydrogens is 220 g/mol. The first kappa shape index (κ1) is 16.4. The normalized spacial score (nSPS) is 13.5. The topological polar surface area (TPSA) is 84.6 Å². The summed E-state index contributed by atoms with van der Waals surface area (Å²) in [7, 11) is 0. The second kappa shape index (κ2) is 8.44. The van der Waals surface area contributed by atoms with Crippen LogP contribution in [-0.4, -0.2) is 43.4 Å². The highest BCUT2D eigenvalue weighted by molar-refractivity contribution is 5.76. The molecular formula is C12H26N2O3. The van der Waals surface area contributed by atoms with Crippen molar-refractivity contribution in [2.75, 3.05) is 26.4 Å². The molecule has 0 aliphatic heterocycles. The first-order valence-corrected chi connectivity index (χ1v) is 6.06. The van der Waals surface area contributed by atoms with E-state index in [-0.39, 0.29) is 24.0 Å². The van der Waals surface area contributed by atoms with Crippen molar-refractivity contribution in [3.63, 3.8) is 0 Å². The SMILES string of the molecule is CC(C)(C)CC(N)CC(=O)NCCOCCO. The van der Waals surface area contributed by atoms with Gasteiger partial charge in [0.1, 0.15) is 0 Å². The lowest BCUT2D eigenvalue weighted by molar-refractivity contribution is -0.121. The molecule has 0 spiro atoms. The quantitative estimate of drug-likeness (QED) is 0.537. The summed E-state index contributed by atoms with van der Waals surface area (Å²) in [6, 6.07) is -0.103. The molecule has 4 N–H and O–H groups in total. The molecule has 0 saturated carbocycles. The Hall–Kier alpha value is -0.650. The lowest BCUT2D eigenvalue weighted by atomic mass is 9.87. The third kappa shape index (κ3) is 11.6. The van der Waals surface area contributed by atoms with Gasteiger partial charge in [-0.25, -0.2) is 0 Å². The first-order valence-electron chi connectivity index (χ1n) is 6.06. The van der Waals surface area contributed by atoms with Crippen molar-refractivity contribution < 1.29 is 14.6 Å². The van der Waals surface area contributed by atoms with E-state index in [0.717, 1.165) is 6.42 Å². The fourth-order valence-electron chi connectivity index (χ4n) is 1.60. The number of amides is 1. The zero-order chi connectivity index (χ0) is 13.3. The summed E-state index contributed by atoms with van der Waals surface area (Å²) >= 11 is 0. The van der Waals surface area contributed by atoms with Crippen molar-refractivity contribution in [3.05, 3.63) is 0 Å². The lowest BCUT2D eigenvalue weighted by Crippen LogP contribution is -2.35. The zero-order valence-corrected chi connectivity index (χ0v) is 11.2. The van der Waals surface area contributed by atoms with Crippen molar-refractivity contribution in [2.45, 2.75) is 39.7 Å². The minimum atomic E-state index is -0.103. The van der Waals surface area contributed by atoms with Gasteiger partial charge < -0.3 is 20.9 Å². The molecule has 1 unspecified atom stereocenters. The molecule has 1 amide bonds. The van der Waals surface area contributed by atoms with Gasteiger partial charge in [-0.3, -0.25) is 4.79 Å². The van der Waals surface area contributed by atoms with Gasteiger partial charge in [0, 0.05) is 19.0 Å². The number of aliphatic hydroxyl groups is 1. The second-order valence-corrected chi connectivity index (χ2v) is 5.41. The van der Waals surface area contributed by atoms with E-state index in [1.54, 1.807) is 0 Å². The van der Waals surface area contributed by atoms with Gasteiger partial charge in [0.25, 0.3) is 0 Å². The molecule has 0 fully saturated rings. The van der Waals surface area contributed by atoms with Crippen LogP contribution in [-0.2, 0) is 9.53 Å². The Labute approximate surface area is 104 Å². The second-order valence-electron chi connectivity index (χ2n) is 5.41. The molecule has 0 aromatic rings. The molecule has 5 nitrogen and oxygen atoms in total. The number of rotatable bonds is 8. The van der Waals surface area contributed by atoms with E-state index >= 15 is 0 Å². The number of aliphatic hydroxyl groups excluding tert-OH is 1. The summed E-state index contributed by atoms with van der Waals surface area (Å²) in [5.41, 5.74) is 6.03. The van der Waals surface area contributed by atoms with Crippen molar-refractivity contribution in [3.8, 4) is 0 Å². The predicted molar refractivity (Wildman–Crippen MR) is 67.6 cm³/mol. The van der Waals surface area contributed by atoms with Crippen molar-refractivity contribution >= 4 is 5.91 Å². The van der Waals surface area contributed by atoms with Crippen molar-refractivity contribution in [2.24, 2.45) is 11.1 Å². The van der Waals surface area contributed by atoms with Crippen LogP contribution in [0.2, 0.25) is 0 Å². The highest BCUT2D eigenvalue weighted by Gasteiger charge is 2.17. The maximum Gasteiger partial charge on any atom is 0.221 e. The van der Waals surface area contributed by atoms with Crippen LogP contribution in [0.1, 0.15) is 33.6 Å². The summed E-state index contributed by atoms with van der Waals surface area (Å²) < 4.78 is 5.02. The van der Waals surface area contributed by atoms with Gasteiger partial charge in [-0.1, -0.05) is 20.8 Å². The van der Waals surface area contributed by atoms with E-state index in [0.29, 0.717) is 26.2 Å². The van der Waals surface area contributed by atoms with Gasteiger partial charge in [0.15, 0.2) is 0 Å². The molecule has 0 aliphatic carbocycles. The molecule has 0 aromatic carbocycles. The summed E-state index contributed by atoms with van der Waals surface area (Å²) in [6.07, 6.45) is 1.17. The summed E-state index contributed by atoms with van der Waals surface area (Å²) in [6.45, 7) is 7.50. The Morgan fingerprint density at radius 2 is 2.06 bits per heavy atom. The summed E-state index contributed by atoms with van der Waals surface area (Å²) in [5.74, 6) is -0.0469. The smallest absolute Gasteiger partial charge is 0.221 e. The highest BCUT2D eigenvalue weighted by atomic mass is 16.5. The minimum absolute atomic E-state index is 0.00437. The van der Waals surface area contributed by atoms with Crippen LogP contribution >= 0.6 is 0 Å². The molecule has 0 aromatic heterocycles. The largest absolute Gasteiger partial charge is 0.394 e. The van der Waals surface area contributed by atoms with E-state index in [4.69, 9.17) is 15.6 Å². The van der Waals surface area contributed by atoms with Gasteiger partial charge in [0.2, 0.25) is 5.91 Å². The molecule has 0 aliphatic rings. The molecule has 1 atom stereocenters. The minimum Gasteiger partial charge on any atom is -0.394 e. The van der Waals surface area contributed by atoms with Crippen LogP contribution in [0.5, 0.6) is 0 Å². The Balaban J connectivity index is 3.58. The Kier molecular flexibility index (Phi) is 8.12. The number of nitrogens with one attached hydrogen (secondary N) is 1. The van der Waals surface area contributed by atoms with Gasteiger partial charge in [-0.05, 0) is 11.8 Å². The molecule has 0 rings (SSSR count). The number of ether oxygens (including phenoxy) is 1. The number of nitrogens with two attached hydrogens (primary N) is 1. The van der Waals surface area contributed by atoms with Gasteiger partial charge in [-0.2, -0.15) is 0 Å². The van der Waals surface area contributed by atoms with Crippen LogP contribution in [0.15, 0.2) is 0 Å². The van der Waals surface area contributed by atoms with Gasteiger partial charge >= 0.3 is 0 Å². The third-order valence-electron chi connectivity index (χ3n) is 2.13. The van der Waals surface area contributed by atoms with Crippen LogP contribution in [0.25, 0.3) is 0 Å². The Bertz CT molecular complexity index is 214. The van der Waals surface area contributed by atoms with Crippen LogP contribution in [0.4, 0.5) is 0 Å². The van der Waals surface area contributed by atoms with E-state index in [9.17, 15) is 4.79 Å². The average Bonchev–Trinajstić information content (AvgIpc) is 2.14. The fraction of sp³-hybridized carbons (Fsp3) is 0.917.